The fourth-order valence-electron chi connectivity index (χ4n) is 2.46. The standard InChI is InChI=1S/C19H19ClN4O/c1-15-22-18(7-6-16-4-3-5-17(20)12-16)14-24(15)19-8-9-23(21-13-19)10-11-25-2/h3-5,8-9,12-14,19H,10-11H2,1-2H3. The number of hydrazone groups is 1. The first-order valence-electron chi connectivity index (χ1n) is 7.97. The monoisotopic (exact) mass is 354 g/mol. The molecule has 6 heteroatoms. The van der Waals surface area contributed by atoms with Gasteiger partial charge in [0.15, 0.2) is 0 Å². The van der Waals surface area contributed by atoms with Crippen molar-refractivity contribution in [2.75, 3.05) is 20.3 Å². The number of benzene rings is 1. The third-order valence-corrected chi connectivity index (χ3v) is 3.98. The molecule has 25 heavy (non-hydrogen) atoms. The number of rotatable bonds is 4. The van der Waals surface area contributed by atoms with E-state index in [2.05, 4.69) is 32.6 Å². The van der Waals surface area contributed by atoms with Crippen LogP contribution < -0.4 is 0 Å². The highest BCUT2D eigenvalue weighted by molar-refractivity contribution is 6.30. The highest BCUT2D eigenvalue weighted by Gasteiger charge is 2.13. The molecule has 1 aliphatic rings. The van der Waals surface area contributed by atoms with Crippen molar-refractivity contribution in [3.05, 3.63) is 64.8 Å². The van der Waals surface area contributed by atoms with Crippen molar-refractivity contribution >= 4 is 17.8 Å². The van der Waals surface area contributed by atoms with E-state index in [0.29, 0.717) is 11.6 Å². The Morgan fingerprint density at radius 2 is 2.20 bits per heavy atom. The first kappa shape index (κ1) is 17.3. The largest absolute Gasteiger partial charge is 0.383 e. The fourth-order valence-corrected chi connectivity index (χ4v) is 2.65. The molecule has 2 aromatic rings. The van der Waals surface area contributed by atoms with E-state index in [9.17, 15) is 0 Å². The number of methoxy groups -OCH3 is 1. The Balaban J connectivity index is 1.73. The van der Waals surface area contributed by atoms with Crippen LogP contribution in [0.3, 0.4) is 0 Å². The summed E-state index contributed by atoms with van der Waals surface area (Å²) >= 11 is 5.98. The smallest absolute Gasteiger partial charge is 0.131 e. The number of imidazole rings is 1. The Kier molecular flexibility index (Phi) is 5.54. The van der Waals surface area contributed by atoms with E-state index in [0.717, 1.165) is 23.6 Å². The predicted octanol–water partition coefficient (Wildman–Crippen LogP) is 3.25. The molecule has 1 aromatic carbocycles. The molecule has 1 atom stereocenters. The zero-order chi connectivity index (χ0) is 17.6. The van der Waals surface area contributed by atoms with Gasteiger partial charge < -0.3 is 9.30 Å². The normalized spacial score (nSPS) is 16.0. The molecule has 1 aliphatic heterocycles. The summed E-state index contributed by atoms with van der Waals surface area (Å²) in [7, 11) is 1.68. The Morgan fingerprint density at radius 1 is 1.32 bits per heavy atom. The zero-order valence-electron chi connectivity index (χ0n) is 14.2. The van der Waals surface area contributed by atoms with E-state index >= 15 is 0 Å². The SMILES string of the molecule is COCCN1C=CC(n2cc(C#Cc3cccc(Cl)c3)nc2C)C=N1. The topological polar surface area (TPSA) is 42.6 Å². The van der Waals surface area contributed by atoms with E-state index in [1.54, 1.807) is 7.11 Å². The molecule has 0 spiro atoms. The van der Waals surface area contributed by atoms with Gasteiger partial charge in [-0.3, -0.25) is 5.01 Å². The van der Waals surface area contributed by atoms with Crippen LogP contribution in [0, 0.1) is 18.8 Å². The van der Waals surface area contributed by atoms with Gasteiger partial charge in [0.05, 0.1) is 25.4 Å². The van der Waals surface area contributed by atoms with Gasteiger partial charge in [-0.1, -0.05) is 23.6 Å². The van der Waals surface area contributed by atoms with Crippen molar-refractivity contribution in [2.24, 2.45) is 5.10 Å². The lowest BCUT2D eigenvalue weighted by Gasteiger charge is -2.21. The van der Waals surface area contributed by atoms with Crippen LogP contribution >= 0.6 is 11.6 Å². The maximum Gasteiger partial charge on any atom is 0.131 e. The quantitative estimate of drug-likeness (QED) is 0.791. The molecule has 0 N–H and O–H groups in total. The lowest BCUT2D eigenvalue weighted by atomic mass is 10.2. The molecule has 128 valence electrons. The van der Waals surface area contributed by atoms with Gasteiger partial charge in [-0.2, -0.15) is 5.10 Å². The lowest BCUT2D eigenvalue weighted by molar-refractivity contribution is 0.170. The molecule has 3 rings (SSSR count). The molecule has 0 aliphatic carbocycles. The molecule has 5 nitrogen and oxygen atoms in total. The number of hydrogen-bond donors (Lipinski definition) is 0. The average molecular weight is 355 g/mol. The van der Waals surface area contributed by atoms with Gasteiger partial charge in [-0.05, 0) is 37.1 Å². The maximum absolute atomic E-state index is 5.98. The van der Waals surface area contributed by atoms with E-state index in [-0.39, 0.29) is 6.04 Å². The van der Waals surface area contributed by atoms with Gasteiger partial charge in [-0.15, -0.1) is 0 Å². The van der Waals surface area contributed by atoms with Crippen LogP contribution in [0.4, 0.5) is 0 Å². The summed E-state index contributed by atoms with van der Waals surface area (Å²) < 4.78 is 7.11. The number of aromatic nitrogens is 2. The third-order valence-electron chi connectivity index (χ3n) is 3.75. The van der Waals surface area contributed by atoms with Crippen molar-refractivity contribution in [3.8, 4) is 11.8 Å². The summed E-state index contributed by atoms with van der Waals surface area (Å²) in [6.07, 6.45) is 7.86. The first-order valence-corrected chi connectivity index (χ1v) is 8.34. The molecular weight excluding hydrogens is 336 g/mol. The van der Waals surface area contributed by atoms with Gasteiger partial charge in [0.25, 0.3) is 0 Å². The Hall–Kier alpha value is -2.55. The second-order valence-corrected chi connectivity index (χ2v) is 6.03. The van der Waals surface area contributed by atoms with Gasteiger partial charge in [-0.25, -0.2) is 4.98 Å². The second kappa shape index (κ2) is 8.02. The van der Waals surface area contributed by atoms with E-state index in [1.165, 1.54) is 0 Å². The molecule has 0 bridgehead atoms. The summed E-state index contributed by atoms with van der Waals surface area (Å²) in [5.74, 6) is 7.07. The maximum atomic E-state index is 5.98. The predicted molar refractivity (Wildman–Crippen MR) is 99.6 cm³/mol. The summed E-state index contributed by atoms with van der Waals surface area (Å²) in [5, 5.41) is 6.95. The van der Waals surface area contributed by atoms with Crippen molar-refractivity contribution in [1.82, 2.24) is 14.6 Å². The fraction of sp³-hybridized carbons (Fsp3) is 0.263. The minimum absolute atomic E-state index is 0.0352. The Labute approximate surface area is 152 Å². The minimum atomic E-state index is 0.0352. The molecule has 1 unspecified atom stereocenters. The number of hydrogen-bond acceptors (Lipinski definition) is 4. The number of aryl methyl sites for hydroxylation is 1. The Bertz CT molecular complexity index is 846. The molecule has 0 fully saturated rings. The average Bonchev–Trinajstić information content (AvgIpc) is 2.99. The molecule has 0 radical (unpaired) electrons. The summed E-state index contributed by atoms with van der Waals surface area (Å²) in [6, 6.07) is 7.51. The van der Waals surface area contributed by atoms with Crippen molar-refractivity contribution in [2.45, 2.75) is 13.0 Å². The van der Waals surface area contributed by atoms with Crippen molar-refractivity contribution < 1.29 is 4.74 Å². The summed E-state index contributed by atoms with van der Waals surface area (Å²) in [5.41, 5.74) is 1.59. The molecular formula is C19H19ClN4O. The highest BCUT2D eigenvalue weighted by atomic mass is 35.5. The molecule has 0 saturated heterocycles. The highest BCUT2D eigenvalue weighted by Crippen LogP contribution is 2.15. The van der Waals surface area contributed by atoms with Crippen LogP contribution in [0.2, 0.25) is 5.02 Å². The van der Waals surface area contributed by atoms with E-state index in [1.807, 2.05) is 54.8 Å². The van der Waals surface area contributed by atoms with Crippen LogP contribution in [0.25, 0.3) is 0 Å². The molecule has 0 amide bonds. The number of allylic oxidation sites excluding steroid dienone is 1. The van der Waals surface area contributed by atoms with Crippen molar-refractivity contribution in [3.63, 3.8) is 0 Å². The summed E-state index contributed by atoms with van der Waals surface area (Å²) in [6.45, 7) is 3.33. The van der Waals surface area contributed by atoms with E-state index < -0.39 is 0 Å². The van der Waals surface area contributed by atoms with E-state index in [4.69, 9.17) is 16.3 Å². The van der Waals surface area contributed by atoms with Gasteiger partial charge in [0.2, 0.25) is 0 Å². The number of nitrogens with zero attached hydrogens (tertiary/aromatic N) is 4. The van der Waals surface area contributed by atoms with Crippen LogP contribution in [0.15, 0.2) is 47.8 Å². The third kappa shape index (κ3) is 4.50. The molecule has 2 heterocycles. The zero-order valence-corrected chi connectivity index (χ0v) is 14.9. The minimum Gasteiger partial charge on any atom is -0.383 e. The van der Waals surface area contributed by atoms with Gasteiger partial charge in [0, 0.05) is 30.1 Å². The van der Waals surface area contributed by atoms with Gasteiger partial charge >= 0.3 is 0 Å². The number of ether oxygens (including phenoxy) is 1. The van der Waals surface area contributed by atoms with Crippen LogP contribution in [0.5, 0.6) is 0 Å². The lowest BCUT2D eigenvalue weighted by Crippen LogP contribution is -2.22. The summed E-state index contributed by atoms with van der Waals surface area (Å²) in [4.78, 5) is 4.52. The molecule has 0 saturated carbocycles. The Morgan fingerprint density at radius 3 is 2.92 bits per heavy atom. The van der Waals surface area contributed by atoms with Crippen LogP contribution in [-0.2, 0) is 4.74 Å². The number of halogens is 1. The van der Waals surface area contributed by atoms with Crippen LogP contribution in [-0.4, -0.2) is 41.0 Å². The van der Waals surface area contributed by atoms with Gasteiger partial charge in [0.1, 0.15) is 11.5 Å². The van der Waals surface area contributed by atoms with Crippen LogP contribution in [0.1, 0.15) is 23.1 Å². The van der Waals surface area contributed by atoms with Crippen molar-refractivity contribution in [1.29, 1.82) is 0 Å². The molecule has 1 aromatic heterocycles. The second-order valence-electron chi connectivity index (χ2n) is 5.59. The first-order chi connectivity index (χ1) is 12.2.